The highest BCUT2D eigenvalue weighted by atomic mass is 79.9. The van der Waals surface area contributed by atoms with Gasteiger partial charge in [0.2, 0.25) is 0 Å². The molecule has 0 saturated carbocycles. The number of carbonyl (C=O) groups is 2. The van der Waals surface area contributed by atoms with E-state index in [1.807, 2.05) is 19.1 Å². The Kier molecular flexibility index (Phi) is 6.19. The third kappa shape index (κ3) is 5.08. The Morgan fingerprint density at radius 2 is 2.00 bits per heavy atom. The number of benzene rings is 2. The van der Waals surface area contributed by atoms with Crippen molar-refractivity contribution in [3.63, 3.8) is 0 Å². The second-order valence-electron chi connectivity index (χ2n) is 4.93. The molecule has 0 aliphatic heterocycles. The fourth-order valence-electron chi connectivity index (χ4n) is 2.00. The van der Waals surface area contributed by atoms with Crippen LogP contribution in [-0.2, 0) is 4.79 Å². The van der Waals surface area contributed by atoms with Crippen molar-refractivity contribution >= 4 is 39.7 Å². The van der Waals surface area contributed by atoms with Crippen molar-refractivity contribution in [1.82, 2.24) is 5.32 Å². The van der Waals surface area contributed by atoms with Gasteiger partial charge in [0.15, 0.2) is 12.9 Å². The van der Waals surface area contributed by atoms with Crippen LogP contribution in [0.1, 0.15) is 28.9 Å². The number of nitrogens with one attached hydrogen (secondary N) is 1. The topological polar surface area (TPSA) is 55.4 Å². The molecule has 0 fully saturated rings. The van der Waals surface area contributed by atoms with Crippen LogP contribution in [0.3, 0.4) is 0 Å². The second kappa shape index (κ2) is 8.13. The highest BCUT2D eigenvalue weighted by Gasteiger charge is 2.11. The summed E-state index contributed by atoms with van der Waals surface area (Å²) in [7, 11) is 0. The van der Waals surface area contributed by atoms with E-state index >= 15 is 0 Å². The zero-order valence-corrected chi connectivity index (χ0v) is 14.7. The molecular weight excluding hydrogens is 382 g/mol. The smallest absolute Gasteiger partial charge is 0.258 e. The minimum Gasteiger partial charge on any atom is -0.483 e. The molecule has 0 heterocycles. The number of carbonyl (C=O) groups excluding carboxylic acids is 2. The molecular formula is C17H15BrClNO3. The van der Waals surface area contributed by atoms with Gasteiger partial charge < -0.3 is 10.1 Å². The summed E-state index contributed by atoms with van der Waals surface area (Å²) in [5.41, 5.74) is 1.33. The number of amides is 1. The zero-order chi connectivity index (χ0) is 16.8. The van der Waals surface area contributed by atoms with Gasteiger partial charge in [-0.2, -0.15) is 0 Å². The predicted octanol–water partition coefficient (Wildman–Crippen LogP) is 4.17. The molecule has 0 radical (unpaired) electrons. The molecule has 0 unspecified atom stereocenters. The molecule has 0 aliphatic rings. The van der Waals surface area contributed by atoms with Crippen LogP contribution >= 0.6 is 27.5 Å². The third-order valence-corrected chi connectivity index (χ3v) is 3.95. The molecule has 0 spiro atoms. The molecule has 2 aromatic carbocycles. The number of aldehydes is 1. The van der Waals surface area contributed by atoms with Gasteiger partial charge in [-0.05, 0) is 42.8 Å². The Hall–Kier alpha value is -1.85. The van der Waals surface area contributed by atoms with E-state index in [-0.39, 0.29) is 18.6 Å². The molecule has 2 rings (SSSR count). The lowest BCUT2D eigenvalue weighted by Gasteiger charge is -2.15. The molecule has 6 heteroatoms. The maximum absolute atomic E-state index is 12.0. The molecule has 1 amide bonds. The lowest BCUT2D eigenvalue weighted by molar-refractivity contribution is -0.123. The molecule has 0 saturated heterocycles. The summed E-state index contributed by atoms with van der Waals surface area (Å²) in [5.74, 6) is 0.102. The van der Waals surface area contributed by atoms with Gasteiger partial charge in [-0.3, -0.25) is 9.59 Å². The lowest BCUT2D eigenvalue weighted by atomic mass is 10.1. The van der Waals surface area contributed by atoms with Gasteiger partial charge in [-0.1, -0.05) is 39.7 Å². The fraction of sp³-hybridized carbons (Fsp3) is 0.176. The van der Waals surface area contributed by atoms with E-state index in [4.69, 9.17) is 16.3 Å². The quantitative estimate of drug-likeness (QED) is 0.746. The van der Waals surface area contributed by atoms with Crippen LogP contribution in [0.4, 0.5) is 0 Å². The van der Waals surface area contributed by atoms with E-state index in [0.29, 0.717) is 22.6 Å². The summed E-state index contributed by atoms with van der Waals surface area (Å²) in [5, 5.41) is 3.48. The predicted molar refractivity (Wildman–Crippen MR) is 93.0 cm³/mol. The molecule has 1 N–H and O–H groups in total. The molecule has 120 valence electrons. The highest BCUT2D eigenvalue weighted by Crippen LogP contribution is 2.21. The Labute approximate surface area is 147 Å². The second-order valence-corrected chi connectivity index (χ2v) is 6.28. The van der Waals surface area contributed by atoms with E-state index in [1.54, 1.807) is 30.3 Å². The Morgan fingerprint density at radius 3 is 2.65 bits per heavy atom. The van der Waals surface area contributed by atoms with Crippen LogP contribution in [0.25, 0.3) is 0 Å². The van der Waals surface area contributed by atoms with E-state index in [2.05, 4.69) is 21.2 Å². The summed E-state index contributed by atoms with van der Waals surface area (Å²) in [4.78, 5) is 23.0. The minimum absolute atomic E-state index is 0.166. The van der Waals surface area contributed by atoms with Gasteiger partial charge in [0, 0.05) is 9.50 Å². The van der Waals surface area contributed by atoms with E-state index in [1.165, 1.54) is 0 Å². The Bertz CT molecular complexity index is 703. The summed E-state index contributed by atoms with van der Waals surface area (Å²) in [6, 6.07) is 12.1. The van der Waals surface area contributed by atoms with Crippen molar-refractivity contribution in [2.75, 3.05) is 6.61 Å². The van der Waals surface area contributed by atoms with Crippen molar-refractivity contribution < 1.29 is 14.3 Å². The Morgan fingerprint density at radius 1 is 1.30 bits per heavy atom. The minimum atomic E-state index is -0.271. The average molecular weight is 397 g/mol. The maximum Gasteiger partial charge on any atom is 0.258 e. The summed E-state index contributed by atoms with van der Waals surface area (Å²) in [6.45, 7) is 1.71. The number of hydrogen-bond acceptors (Lipinski definition) is 3. The van der Waals surface area contributed by atoms with Crippen molar-refractivity contribution in [1.29, 1.82) is 0 Å². The van der Waals surface area contributed by atoms with Crippen LogP contribution in [-0.4, -0.2) is 18.8 Å². The van der Waals surface area contributed by atoms with Crippen molar-refractivity contribution in [2.24, 2.45) is 0 Å². The Balaban J connectivity index is 1.92. The van der Waals surface area contributed by atoms with Crippen LogP contribution in [0.15, 0.2) is 46.9 Å². The standard InChI is InChI=1S/C17H15BrClNO3/c1-11(12-2-5-15(19)6-3-12)20-17(22)10-23-16-7-4-14(18)8-13(16)9-21/h2-9,11H,10H2,1H3,(H,20,22)/t11-/m0/s1. The van der Waals surface area contributed by atoms with Gasteiger partial charge in [0.1, 0.15) is 5.75 Å². The van der Waals surface area contributed by atoms with E-state index in [9.17, 15) is 9.59 Å². The molecule has 1 atom stereocenters. The van der Waals surface area contributed by atoms with E-state index < -0.39 is 0 Å². The van der Waals surface area contributed by atoms with Crippen LogP contribution in [0.2, 0.25) is 5.02 Å². The van der Waals surface area contributed by atoms with Crippen LogP contribution < -0.4 is 10.1 Å². The normalized spacial score (nSPS) is 11.6. The van der Waals surface area contributed by atoms with Gasteiger partial charge in [-0.15, -0.1) is 0 Å². The van der Waals surface area contributed by atoms with Crippen molar-refractivity contribution in [3.05, 3.63) is 63.1 Å². The molecule has 4 nitrogen and oxygen atoms in total. The zero-order valence-electron chi connectivity index (χ0n) is 12.4. The van der Waals surface area contributed by atoms with Crippen LogP contribution in [0, 0.1) is 0 Å². The van der Waals surface area contributed by atoms with Crippen molar-refractivity contribution in [2.45, 2.75) is 13.0 Å². The first-order valence-electron chi connectivity index (χ1n) is 6.92. The summed E-state index contributed by atoms with van der Waals surface area (Å²) < 4.78 is 6.19. The fourth-order valence-corrected chi connectivity index (χ4v) is 2.51. The van der Waals surface area contributed by atoms with Crippen molar-refractivity contribution in [3.8, 4) is 5.75 Å². The molecule has 0 aromatic heterocycles. The molecule has 0 aliphatic carbocycles. The van der Waals surface area contributed by atoms with Gasteiger partial charge in [0.05, 0.1) is 11.6 Å². The summed E-state index contributed by atoms with van der Waals surface area (Å²) in [6.07, 6.45) is 0.689. The van der Waals surface area contributed by atoms with Gasteiger partial charge in [0.25, 0.3) is 5.91 Å². The first-order valence-corrected chi connectivity index (χ1v) is 8.09. The first kappa shape index (κ1) is 17.5. The van der Waals surface area contributed by atoms with Crippen LogP contribution in [0.5, 0.6) is 5.75 Å². The number of rotatable bonds is 6. The molecule has 0 bridgehead atoms. The van der Waals surface area contributed by atoms with Gasteiger partial charge in [-0.25, -0.2) is 0 Å². The molecule has 23 heavy (non-hydrogen) atoms. The van der Waals surface area contributed by atoms with E-state index in [0.717, 1.165) is 10.0 Å². The summed E-state index contributed by atoms with van der Waals surface area (Å²) >= 11 is 9.12. The maximum atomic E-state index is 12.0. The average Bonchev–Trinajstić information content (AvgIpc) is 2.54. The molecule has 2 aromatic rings. The first-order chi connectivity index (χ1) is 11.0. The number of ether oxygens (including phenoxy) is 1. The largest absolute Gasteiger partial charge is 0.483 e. The highest BCUT2D eigenvalue weighted by molar-refractivity contribution is 9.10. The third-order valence-electron chi connectivity index (χ3n) is 3.21. The lowest BCUT2D eigenvalue weighted by Crippen LogP contribution is -2.31. The number of halogens is 2. The SMILES string of the molecule is C[C@H](NC(=O)COc1ccc(Br)cc1C=O)c1ccc(Cl)cc1. The van der Waals surface area contributed by atoms with Gasteiger partial charge >= 0.3 is 0 Å². The monoisotopic (exact) mass is 395 g/mol. The number of hydrogen-bond donors (Lipinski definition) is 1.